The second-order valence-electron chi connectivity index (χ2n) is 9.36. The summed E-state index contributed by atoms with van der Waals surface area (Å²) in [7, 11) is 3.34. The molecule has 1 saturated heterocycles. The second-order valence-corrected chi connectivity index (χ2v) is 9.36. The van der Waals surface area contributed by atoms with E-state index in [1.165, 1.54) is 27.9 Å². The quantitative estimate of drug-likeness (QED) is 0.528. The average Bonchev–Trinajstić information content (AvgIpc) is 3.34. The first-order valence-electron chi connectivity index (χ1n) is 12.4. The molecule has 1 fully saturated rings. The van der Waals surface area contributed by atoms with E-state index in [-0.39, 0.29) is 17.4 Å². The van der Waals surface area contributed by atoms with Crippen LogP contribution in [0.2, 0.25) is 0 Å². The van der Waals surface area contributed by atoms with Crippen molar-refractivity contribution in [2.45, 2.75) is 39.2 Å². The number of benzene rings is 1. The number of nitrogens with zero attached hydrogens (tertiary/aromatic N) is 5. The molecule has 0 bridgehead atoms. The number of aryl methyl sites for hydroxylation is 2. The van der Waals surface area contributed by atoms with Gasteiger partial charge >= 0.3 is 0 Å². The smallest absolute Gasteiger partial charge is 0.268 e. The lowest BCUT2D eigenvalue weighted by Crippen LogP contribution is -2.38. The van der Waals surface area contributed by atoms with E-state index in [1.54, 1.807) is 26.4 Å². The highest BCUT2D eigenvalue weighted by Gasteiger charge is 2.32. The molecule has 1 atom stereocenters. The Morgan fingerprint density at radius 3 is 2.88 bits per heavy atom. The minimum atomic E-state index is -0.137. The summed E-state index contributed by atoms with van der Waals surface area (Å²) in [5.74, 6) is 0.100. The second kappa shape index (κ2) is 11.0. The van der Waals surface area contributed by atoms with Gasteiger partial charge in [-0.15, -0.1) is 0 Å². The molecule has 2 aliphatic heterocycles. The first kappa shape index (κ1) is 24.3. The normalized spacial score (nSPS) is 17.7. The van der Waals surface area contributed by atoms with E-state index >= 15 is 0 Å². The van der Waals surface area contributed by atoms with Gasteiger partial charge in [0.15, 0.2) is 0 Å². The molecule has 1 unspecified atom stereocenters. The van der Waals surface area contributed by atoms with Crippen LogP contribution in [0.15, 0.2) is 35.3 Å². The number of rotatable bonds is 9. The number of ether oxygens (including phenoxy) is 1. The van der Waals surface area contributed by atoms with Crippen molar-refractivity contribution in [1.82, 2.24) is 14.7 Å². The van der Waals surface area contributed by atoms with Crippen LogP contribution < -0.4 is 15.4 Å². The Kier molecular flexibility index (Phi) is 7.88. The van der Waals surface area contributed by atoms with Crippen LogP contribution in [0, 0.1) is 5.92 Å². The number of carbonyl (C=O) groups excluding carboxylic acids is 1. The number of amides is 1. The fourth-order valence-electron chi connectivity index (χ4n) is 5.13. The van der Waals surface area contributed by atoms with Gasteiger partial charge in [0.05, 0.1) is 17.8 Å². The van der Waals surface area contributed by atoms with Crippen molar-refractivity contribution in [3.8, 4) is 0 Å². The van der Waals surface area contributed by atoms with E-state index in [0.29, 0.717) is 26.2 Å². The number of hydrogen-bond donors (Lipinski definition) is 0. The molecule has 0 aliphatic carbocycles. The van der Waals surface area contributed by atoms with Crippen molar-refractivity contribution in [3.63, 3.8) is 0 Å². The third-order valence-corrected chi connectivity index (χ3v) is 7.06. The first-order chi connectivity index (χ1) is 16.5. The maximum atomic E-state index is 13.6. The van der Waals surface area contributed by atoms with Crippen LogP contribution in [0.25, 0.3) is 0 Å². The van der Waals surface area contributed by atoms with Gasteiger partial charge in [-0.3, -0.25) is 9.59 Å². The van der Waals surface area contributed by atoms with Gasteiger partial charge in [0.1, 0.15) is 0 Å². The summed E-state index contributed by atoms with van der Waals surface area (Å²) in [6.07, 6.45) is 5.57. The highest BCUT2D eigenvalue weighted by atomic mass is 16.5. The standard InChI is InChI=1S/C26H37N5O3/c1-4-29-11-5-7-21-15-20(8-9-24(21)29)18-31(12-6-14-34-3)26(33)22-10-13-30(19-22)23-16-25(32)28(2)27-17-23/h8-9,15-17,22H,4-7,10-14,18-19H2,1-3H3. The molecule has 0 saturated carbocycles. The number of aromatic nitrogens is 2. The van der Waals surface area contributed by atoms with Crippen LogP contribution in [-0.2, 0) is 29.5 Å². The summed E-state index contributed by atoms with van der Waals surface area (Å²) >= 11 is 0. The van der Waals surface area contributed by atoms with Gasteiger partial charge in [-0.05, 0) is 49.8 Å². The van der Waals surface area contributed by atoms with Crippen molar-refractivity contribution in [2.24, 2.45) is 13.0 Å². The molecule has 0 spiro atoms. The molecule has 1 aromatic heterocycles. The SMILES string of the molecule is CCN1CCCc2cc(CN(CCCOC)C(=O)C3CCN(c4cnn(C)c(=O)c4)C3)ccc21. The number of anilines is 2. The lowest BCUT2D eigenvalue weighted by Gasteiger charge is -2.31. The van der Waals surface area contributed by atoms with E-state index in [2.05, 4.69) is 40.0 Å². The molecular weight excluding hydrogens is 430 g/mol. The highest BCUT2D eigenvalue weighted by molar-refractivity contribution is 5.80. The Balaban J connectivity index is 1.47. The van der Waals surface area contributed by atoms with Gasteiger partial charge in [0.2, 0.25) is 5.91 Å². The predicted octanol–water partition coefficient (Wildman–Crippen LogP) is 2.44. The zero-order chi connectivity index (χ0) is 24.1. The Morgan fingerprint density at radius 1 is 1.26 bits per heavy atom. The lowest BCUT2D eigenvalue weighted by molar-refractivity contribution is -0.135. The van der Waals surface area contributed by atoms with E-state index in [9.17, 15) is 9.59 Å². The summed E-state index contributed by atoms with van der Waals surface area (Å²) < 4.78 is 6.57. The summed E-state index contributed by atoms with van der Waals surface area (Å²) in [4.78, 5) is 32.1. The molecule has 1 aromatic carbocycles. The summed E-state index contributed by atoms with van der Waals surface area (Å²) in [5.41, 5.74) is 4.57. The molecule has 0 N–H and O–H groups in total. The Hall–Kier alpha value is -2.87. The molecule has 8 nitrogen and oxygen atoms in total. The molecule has 2 aromatic rings. The topological polar surface area (TPSA) is 70.9 Å². The first-order valence-corrected chi connectivity index (χ1v) is 12.4. The van der Waals surface area contributed by atoms with Gasteiger partial charge < -0.3 is 19.4 Å². The van der Waals surface area contributed by atoms with Gasteiger partial charge in [0, 0.05) is 71.8 Å². The van der Waals surface area contributed by atoms with Gasteiger partial charge in [-0.2, -0.15) is 5.10 Å². The van der Waals surface area contributed by atoms with Crippen molar-refractivity contribution in [2.75, 3.05) is 56.2 Å². The zero-order valence-corrected chi connectivity index (χ0v) is 20.7. The molecule has 2 aliphatic rings. The van der Waals surface area contributed by atoms with Crippen LogP contribution in [0.3, 0.4) is 0 Å². The van der Waals surface area contributed by atoms with Crippen molar-refractivity contribution in [1.29, 1.82) is 0 Å². The van der Waals surface area contributed by atoms with E-state index < -0.39 is 0 Å². The number of fused-ring (bicyclic) bond motifs is 1. The summed E-state index contributed by atoms with van der Waals surface area (Å²) in [5, 5.41) is 4.13. The molecule has 184 valence electrons. The number of hydrogen-bond acceptors (Lipinski definition) is 6. The molecular formula is C26H37N5O3. The van der Waals surface area contributed by atoms with E-state index in [4.69, 9.17) is 4.74 Å². The minimum absolute atomic E-state index is 0.0835. The molecule has 3 heterocycles. The Morgan fingerprint density at radius 2 is 2.12 bits per heavy atom. The van der Waals surface area contributed by atoms with Crippen LogP contribution in [0.4, 0.5) is 11.4 Å². The Bertz CT molecular complexity index is 1050. The molecule has 4 rings (SSSR count). The summed E-state index contributed by atoms with van der Waals surface area (Å²) in [6, 6.07) is 8.30. The highest BCUT2D eigenvalue weighted by Crippen LogP contribution is 2.29. The fraction of sp³-hybridized carbons (Fsp3) is 0.577. The predicted molar refractivity (Wildman–Crippen MR) is 134 cm³/mol. The van der Waals surface area contributed by atoms with Gasteiger partial charge in [-0.25, -0.2) is 4.68 Å². The van der Waals surface area contributed by atoms with Crippen LogP contribution in [-0.4, -0.2) is 67.0 Å². The minimum Gasteiger partial charge on any atom is -0.385 e. The monoisotopic (exact) mass is 467 g/mol. The van der Waals surface area contributed by atoms with Crippen molar-refractivity contribution in [3.05, 3.63) is 51.9 Å². The summed E-state index contributed by atoms with van der Waals surface area (Å²) in [6.45, 7) is 7.64. The van der Waals surface area contributed by atoms with E-state index in [1.807, 2.05) is 4.90 Å². The maximum Gasteiger partial charge on any atom is 0.268 e. The number of methoxy groups -OCH3 is 1. The molecule has 34 heavy (non-hydrogen) atoms. The average molecular weight is 468 g/mol. The maximum absolute atomic E-state index is 13.6. The van der Waals surface area contributed by atoms with Crippen LogP contribution >= 0.6 is 0 Å². The largest absolute Gasteiger partial charge is 0.385 e. The Labute approximate surface area is 202 Å². The number of carbonyl (C=O) groups is 1. The van der Waals surface area contributed by atoms with Crippen molar-refractivity contribution < 1.29 is 9.53 Å². The fourth-order valence-corrected chi connectivity index (χ4v) is 5.13. The van der Waals surface area contributed by atoms with Crippen LogP contribution in [0.1, 0.15) is 37.3 Å². The van der Waals surface area contributed by atoms with E-state index in [0.717, 1.165) is 44.6 Å². The van der Waals surface area contributed by atoms with Gasteiger partial charge in [0.25, 0.3) is 5.56 Å². The molecule has 0 radical (unpaired) electrons. The third kappa shape index (κ3) is 5.43. The lowest BCUT2D eigenvalue weighted by atomic mass is 9.98. The zero-order valence-electron chi connectivity index (χ0n) is 20.7. The van der Waals surface area contributed by atoms with Gasteiger partial charge in [-0.1, -0.05) is 12.1 Å². The van der Waals surface area contributed by atoms with Crippen molar-refractivity contribution >= 4 is 17.3 Å². The molecule has 1 amide bonds. The molecule has 8 heteroatoms. The third-order valence-electron chi connectivity index (χ3n) is 7.06. The van der Waals surface area contributed by atoms with Crippen LogP contribution in [0.5, 0.6) is 0 Å².